The van der Waals surface area contributed by atoms with Crippen LogP contribution in [0.2, 0.25) is 0 Å². The van der Waals surface area contributed by atoms with Crippen molar-refractivity contribution in [1.82, 2.24) is 0 Å². The van der Waals surface area contributed by atoms with Crippen molar-refractivity contribution >= 4 is 11.9 Å². The molecular formula is C31H32O5. The number of methoxy groups -OCH3 is 1. The van der Waals surface area contributed by atoms with Crippen molar-refractivity contribution in [2.24, 2.45) is 17.8 Å². The molecule has 0 radical (unpaired) electrons. The van der Waals surface area contributed by atoms with Gasteiger partial charge in [-0.1, -0.05) is 38.0 Å². The molecule has 3 aliphatic carbocycles. The smallest absolute Gasteiger partial charge is 0.343 e. The quantitative estimate of drug-likeness (QED) is 0.439. The summed E-state index contributed by atoms with van der Waals surface area (Å²) in [6.45, 7) is 4.24. The number of rotatable bonds is 6. The molecule has 2 aromatic carbocycles. The van der Waals surface area contributed by atoms with E-state index in [1.54, 1.807) is 30.3 Å². The topological polar surface area (TPSA) is 72.8 Å². The highest BCUT2D eigenvalue weighted by molar-refractivity contribution is 5.94. The van der Waals surface area contributed by atoms with Gasteiger partial charge in [-0.05, 0) is 96.7 Å². The Morgan fingerprint density at radius 2 is 1.81 bits per heavy atom. The molecule has 0 spiro atoms. The predicted molar refractivity (Wildman–Crippen MR) is 139 cm³/mol. The van der Waals surface area contributed by atoms with Crippen molar-refractivity contribution in [3.05, 3.63) is 88.2 Å². The average molecular weight is 485 g/mol. The third-order valence-electron chi connectivity index (χ3n) is 8.09. The molecule has 1 fully saturated rings. The van der Waals surface area contributed by atoms with Crippen molar-refractivity contribution in [1.29, 1.82) is 0 Å². The number of carboxylic acid groups (broad SMARTS) is 1. The van der Waals surface area contributed by atoms with Gasteiger partial charge in [-0.15, -0.1) is 0 Å². The maximum atomic E-state index is 13.2. The normalized spacial score (nSPS) is 21.6. The fraction of sp³-hybridized carbons (Fsp3) is 0.355. The van der Waals surface area contributed by atoms with Gasteiger partial charge in [0.25, 0.3) is 0 Å². The molecule has 0 bridgehead atoms. The zero-order chi connectivity index (χ0) is 25.4. The van der Waals surface area contributed by atoms with E-state index in [0.717, 1.165) is 17.9 Å². The lowest BCUT2D eigenvalue weighted by Gasteiger charge is -2.24. The molecule has 2 unspecified atom stereocenters. The Labute approximate surface area is 212 Å². The fourth-order valence-electron chi connectivity index (χ4n) is 5.89. The molecule has 0 aliphatic heterocycles. The number of carboxylic acids is 1. The van der Waals surface area contributed by atoms with Gasteiger partial charge in [-0.3, -0.25) is 0 Å². The maximum Gasteiger partial charge on any atom is 0.343 e. The summed E-state index contributed by atoms with van der Waals surface area (Å²) in [4.78, 5) is 24.7. The Morgan fingerprint density at radius 1 is 1.03 bits per heavy atom. The third kappa shape index (κ3) is 4.50. The van der Waals surface area contributed by atoms with Crippen molar-refractivity contribution in [3.8, 4) is 16.9 Å². The van der Waals surface area contributed by atoms with Crippen LogP contribution < -0.4 is 4.74 Å². The van der Waals surface area contributed by atoms with Gasteiger partial charge in [-0.25, -0.2) is 9.59 Å². The van der Waals surface area contributed by atoms with Gasteiger partial charge >= 0.3 is 11.9 Å². The summed E-state index contributed by atoms with van der Waals surface area (Å²) in [5.41, 5.74) is 5.61. The maximum absolute atomic E-state index is 13.2. The van der Waals surface area contributed by atoms with Crippen LogP contribution in [0.25, 0.3) is 11.1 Å². The summed E-state index contributed by atoms with van der Waals surface area (Å²) < 4.78 is 11.4. The number of benzene rings is 2. The second kappa shape index (κ2) is 9.81. The Kier molecular flexibility index (Phi) is 6.57. The highest BCUT2D eigenvalue weighted by atomic mass is 16.5. The highest BCUT2D eigenvalue weighted by Gasteiger charge is 2.34. The monoisotopic (exact) mass is 484 g/mol. The van der Waals surface area contributed by atoms with Crippen LogP contribution in [0.1, 0.15) is 66.7 Å². The van der Waals surface area contributed by atoms with Gasteiger partial charge in [-0.2, -0.15) is 0 Å². The molecule has 0 heterocycles. The van der Waals surface area contributed by atoms with Crippen molar-refractivity contribution in [2.75, 3.05) is 7.11 Å². The third-order valence-corrected chi connectivity index (χ3v) is 8.09. The van der Waals surface area contributed by atoms with Gasteiger partial charge in [0.1, 0.15) is 11.5 Å². The fourth-order valence-corrected chi connectivity index (χ4v) is 5.89. The van der Waals surface area contributed by atoms with E-state index in [1.165, 1.54) is 50.0 Å². The van der Waals surface area contributed by atoms with E-state index in [9.17, 15) is 14.7 Å². The molecule has 1 saturated carbocycles. The van der Waals surface area contributed by atoms with E-state index in [2.05, 4.69) is 19.1 Å². The molecule has 1 N–H and O–H groups in total. The van der Waals surface area contributed by atoms with E-state index in [0.29, 0.717) is 34.1 Å². The Balaban J connectivity index is 1.39. The molecular weight excluding hydrogens is 452 g/mol. The van der Waals surface area contributed by atoms with Gasteiger partial charge in [0.2, 0.25) is 0 Å². The van der Waals surface area contributed by atoms with E-state index in [-0.39, 0.29) is 11.5 Å². The molecule has 36 heavy (non-hydrogen) atoms. The number of carbonyl (C=O) groups is 2. The molecule has 0 saturated heterocycles. The van der Waals surface area contributed by atoms with Crippen LogP contribution in [0.5, 0.6) is 5.75 Å². The van der Waals surface area contributed by atoms with Gasteiger partial charge in [0, 0.05) is 11.5 Å². The lowest BCUT2D eigenvalue weighted by molar-refractivity contribution is 0.0629. The first-order valence-corrected chi connectivity index (χ1v) is 12.7. The van der Waals surface area contributed by atoms with E-state index < -0.39 is 11.9 Å². The Hall–Kier alpha value is -3.60. The molecule has 0 amide bonds. The van der Waals surface area contributed by atoms with E-state index in [4.69, 9.17) is 9.47 Å². The molecule has 2 aromatic rings. The summed E-state index contributed by atoms with van der Waals surface area (Å²) >= 11 is 0. The summed E-state index contributed by atoms with van der Waals surface area (Å²) in [6.07, 6.45) is 10.9. The van der Waals surface area contributed by atoms with E-state index in [1.807, 2.05) is 13.0 Å². The molecule has 5 nitrogen and oxygen atoms in total. The highest BCUT2D eigenvalue weighted by Crippen LogP contribution is 2.47. The minimum absolute atomic E-state index is 0.152. The minimum atomic E-state index is -1.02. The lowest BCUT2D eigenvalue weighted by Crippen LogP contribution is -2.14. The number of hydrogen-bond acceptors (Lipinski definition) is 4. The average Bonchev–Trinajstić information content (AvgIpc) is 3.57. The second-order valence-corrected chi connectivity index (χ2v) is 10.2. The van der Waals surface area contributed by atoms with Crippen molar-refractivity contribution in [2.45, 2.75) is 46.0 Å². The van der Waals surface area contributed by atoms with Crippen LogP contribution in [0.3, 0.4) is 0 Å². The molecule has 5 rings (SSSR count). The number of esters is 1. The number of ether oxygens (including phenoxy) is 2. The van der Waals surface area contributed by atoms with Crippen LogP contribution in [-0.2, 0) is 4.74 Å². The van der Waals surface area contributed by atoms with Crippen LogP contribution >= 0.6 is 0 Å². The standard InChI is InChI=1S/C31H32O5/c1-18-19(2)29(17-25-14-24(16-26(18)25)20-7-4-5-8-20)36-31(34)23-10-6-9-21(13-23)27-15-22(30(32)33)11-12-28(27)35-3/h6,9-13,15-18,20,24H,4-5,7-8,14H2,1-3H3,(H,32,33). The predicted octanol–water partition coefficient (Wildman–Crippen LogP) is 7.20. The van der Waals surface area contributed by atoms with Crippen LogP contribution in [-0.4, -0.2) is 24.2 Å². The molecule has 3 aliphatic rings. The van der Waals surface area contributed by atoms with Crippen LogP contribution in [0.15, 0.2) is 77.1 Å². The Bertz CT molecular complexity index is 1310. The number of carbonyl (C=O) groups excluding carboxylic acids is 1. The first kappa shape index (κ1) is 24.1. The molecule has 5 heteroatoms. The number of hydrogen-bond donors (Lipinski definition) is 1. The summed E-state index contributed by atoms with van der Waals surface area (Å²) in [5, 5.41) is 9.40. The van der Waals surface area contributed by atoms with Gasteiger partial charge in [0.05, 0.1) is 18.2 Å². The minimum Gasteiger partial charge on any atom is -0.496 e. The van der Waals surface area contributed by atoms with E-state index >= 15 is 0 Å². The second-order valence-electron chi connectivity index (χ2n) is 10.2. The first-order valence-electron chi connectivity index (χ1n) is 12.7. The van der Waals surface area contributed by atoms with Gasteiger partial charge < -0.3 is 14.6 Å². The molecule has 2 atom stereocenters. The number of fused-ring (bicyclic) bond motifs is 1. The summed E-state index contributed by atoms with van der Waals surface area (Å²) in [7, 11) is 1.54. The number of aromatic carboxylic acids is 1. The first-order chi connectivity index (χ1) is 17.4. The summed E-state index contributed by atoms with van der Waals surface area (Å²) in [5.74, 6) is 1.34. The zero-order valence-electron chi connectivity index (χ0n) is 21.0. The largest absolute Gasteiger partial charge is 0.496 e. The van der Waals surface area contributed by atoms with Crippen molar-refractivity contribution < 1.29 is 24.2 Å². The Morgan fingerprint density at radius 3 is 2.53 bits per heavy atom. The van der Waals surface area contributed by atoms with Gasteiger partial charge in [0.15, 0.2) is 0 Å². The van der Waals surface area contributed by atoms with Crippen LogP contribution in [0.4, 0.5) is 0 Å². The zero-order valence-corrected chi connectivity index (χ0v) is 21.0. The molecule has 186 valence electrons. The molecule has 0 aromatic heterocycles. The SMILES string of the molecule is COc1ccc(C(=O)O)cc1-c1cccc(C(=O)OC2=C(C)C(C)C3=CC(C4CCCC4)CC3=C2)c1. The number of allylic oxidation sites excluding steroid dienone is 5. The lowest BCUT2D eigenvalue weighted by atomic mass is 9.85. The van der Waals surface area contributed by atoms with Crippen molar-refractivity contribution in [3.63, 3.8) is 0 Å². The van der Waals surface area contributed by atoms with Crippen LogP contribution in [0, 0.1) is 17.8 Å². The summed E-state index contributed by atoms with van der Waals surface area (Å²) in [6, 6.07) is 11.7.